The molecule has 96 valence electrons. The summed E-state index contributed by atoms with van der Waals surface area (Å²) in [5, 5.41) is 9.23. The van der Waals surface area contributed by atoms with Gasteiger partial charge in [0.1, 0.15) is 23.0 Å². The molecular weight excluding hydrogens is 255 g/mol. The molecule has 4 heteroatoms. The third-order valence-electron chi connectivity index (χ3n) is 2.83. The van der Waals surface area contributed by atoms with Crippen LogP contribution in [0.15, 0.2) is 52.9 Å². The lowest BCUT2D eigenvalue weighted by Gasteiger charge is -1.94. The molecule has 0 unspecified atom stereocenters. The van der Waals surface area contributed by atoms with Gasteiger partial charge in [0.2, 0.25) is 5.89 Å². The van der Waals surface area contributed by atoms with Crippen molar-refractivity contribution in [3.8, 4) is 6.07 Å². The second-order valence-corrected chi connectivity index (χ2v) is 4.21. The number of nitriles is 1. The minimum Gasteiger partial charge on any atom is -0.435 e. The smallest absolute Gasteiger partial charge is 0.238 e. The molecule has 0 aliphatic heterocycles. The van der Waals surface area contributed by atoms with Crippen molar-refractivity contribution in [2.75, 3.05) is 0 Å². The number of fused-ring (bicyclic) bond motifs is 1. The van der Waals surface area contributed by atoms with Crippen LogP contribution >= 0.6 is 0 Å². The van der Waals surface area contributed by atoms with E-state index in [1.54, 1.807) is 24.3 Å². The van der Waals surface area contributed by atoms with Crippen LogP contribution in [0.2, 0.25) is 0 Å². The van der Waals surface area contributed by atoms with Gasteiger partial charge in [0, 0.05) is 0 Å². The second-order valence-electron chi connectivity index (χ2n) is 4.21. The van der Waals surface area contributed by atoms with Crippen LogP contribution in [0.5, 0.6) is 0 Å². The molecule has 1 heterocycles. The highest BCUT2D eigenvalue weighted by Gasteiger charge is 2.10. The number of nitrogens with zero attached hydrogens (tertiary/aromatic N) is 2. The quantitative estimate of drug-likeness (QED) is 0.656. The van der Waals surface area contributed by atoms with E-state index in [9.17, 15) is 9.65 Å². The van der Waals surface area contributed by atoms with E-state index in [2.05, 4.69) is 11.1 Å². The molecule has 0 spiro atoms. The van der Waals surface area contributed by atoms with Crippen LogP contribution in [-0.2, 0) is 0 Å². The molecule has 0 aliphatic rings. The van der Waals surface area contributed by atoms with Crippen molar-refractivity contribution >= 4 is 22.7 Å². The van der Waals surface area contributed by atoms with Gasteiger partial charge < -0.3 is 4.42 Å². The van der Waals surface area contributed by atoms with Gasteiger partial charge in [0.25, 0.3) is 0 Å². The molecule has 20 heavy (non-hydrogen) atoms. The highest BCUT2D eigenvalue weighted by atomic mass is 19.1. The van der Waals surface area contributed by atoms with Crippen LogP contribution in [0.1, 0.15) is 11.5 Å². The van der Waals surface area contributed by atoms with Gasteiger partial charge in [-0.25, -0.2) is 9.37 Å². The van der Waals surface area contributed by atoms with E-state index in [0.29, 0.717) is 22.2 Å². The highest BCUT2D eigenvalue weighted by Crippen LogP contribution is 2.22. The average molecular weight is 264 g/mol. The molecular formula is C16H9FN2O. The van der Waals surface area contributed by atoms with Gasteiger partial charge in [0.15, 0.2) is 5.58 Å². The lowest BCUT2D eigenvalue weighted by Crippen LogP contribution is -1.82. The van der Waals surface area contributed by atoms with Gasteiger partial charge in [-0.05, 0) is 35.9 Å². The lowest BCUT2D eigenvalue weighted by molar-refractivity contribution is 0.586. The van der Waals surface area contributed by atoms with Crippen LogP contribution in [-0.4, -0.2) is 4.98 Å². The Morgan fingerprint density at radius 2 is 1.90 bits per heavy atom. The number of allylic oxidation sites excluding steroid dienone is 1. The summed E-state index contributed by atoms with van der Waals surface area (Å²) >= 11 is 0. The Morgan fingerprint density at radius 3 is 2.60 bits per heavy atom. The van der Waals surface area contributed by atoms with E-state index in [0.717, 1.165) is 0 Å². The molecule has 0 saturated carbocycles. The summed E-state index contributed by atoms with van der Waals surface area (Å²) in [6, 6.07) is 15.2. The minimum absolute atomic E-state index is 0.262. The van der Waals surface area contributed by atoms with E-state index >= 15 is 0 Å². The molecule has 0 saturated heterocycles. The zero-order valence-electron chi connectivity index (χ0n) is 10.4. The first-order valence-corrected chi connectivity index (χ1v) is 5.99. The first-order valence-electron chi connectivity index (χ1n) is 5.99. The summed E-state index contributed by atoms with van der Waals surface area (Å²) < 4.78 is 18.4. The maximum Gasteiger partial charge on any atom is 0.238 e. The molecule has 0 aliphatic carbocycles. The largest absolute Gasteiger partial charge is 0.435 e. The molecule has 1 aromatic heterocycles. The van der Waals surface area contributed by atoms with E-state index in [1.165, 1.54) is 12.1 Å². The Hall–Kier alpha value is -2.93. The summed E-state index contributed by atoms with van der Waals surface area (Å²) in [7, 11) is 0. The zero-order chi connectivity index (χ0) is 13.9. The number of oxazole rings is 1. The van der Waals surface area contributed by atoms with Gasteiger partial charge in [-0.3, -0.25) is 0 Å². The van der Waals surface area contributed by atoms with Crippen molar-refractivity contribution in [1.29, 1.82) is 5.26 Å². The third-order valence-corrected chi connectivity index (χ3v) is 2.83. The van der Waals surface area contributed by atoms with Crippen LogP contribution < -0.4 is 0 Å². The van der Waals surface area contributed by atoms with Crippen molar-refractivity contribution in [3.63, 3.8) is 0 Å². The highest BCUT2D eigenvalue weighted by molar-refractivity contribution is 5.88. The van der Waals surface area contributed by atoms with Crippen molar-refractivity contribution < 1.29 is 8.81 Å². The van der Waals surface area contributed by atoms with Crippen molar-refractivity contribution in [2.45, 2.75) is 0 Å². The number of benzene rings is 2. The molecule has 0 bridgehead atoms. The number of hydrogen-bond donors (Lipinski definition) is 0. The normalized spacial score (nSPS) is 11.5. The van der Waals surface area contributed by atoms with E-state index in [-0.39, 0.29) is 11.7 Å². The Balaban J connectivity index is 2.05. The number of rotatable bonds is 2. The molecule has 0 fully saturated rings. The molecule has 0 atom stereocenters. The summed E-state index contributed by atoms with van der Waals surface area (Å²) in [5.74, 6) is -0.0551. The summed E-state index contributed by atoms with van der Waals surface area (Å²) in [5.41, 5.74) is 2.34. The Labute approximate surface area is 114 Å². The Kier molecular flexibility index (Phi) is 3.02. The predicted molar refractivity (Wildman–Crippen MR) is 73.9 cm³/mol. The third kappa shape index (κ3) is 2.29. The number of para-hydroxylation sites is 2. The average Bonchev–Trinajstić information content (AvgIpc) is 2.90. The van der Waals surface area contributed by atoms with Crippen LogP contribution in [0, 0.1) is 17.1 Å². The Bertz CT molecular complexity index is 793. The summed E-state index contributed by atoms with van der Waals surface area (Å²) in [6.45, 7) is 0. The molecule has 2 aromatic carbocycles. The van der Waals surface area contributed by atoms with E-state index in [1.807, 2.05) is 18.2 Å². The second kappa shape index (κ2) is 4.98. The fraction of sp³-hybridized carbons (Fsp3) is 0. The molecule has 0 N–H and O–H groups in total. The van der Waals surface area contributed by atoms with Crippen LogP contribution in [0.4, 0.5) is 4.39 Å². The lowest BCUT2D eigenvalue weighted by atomic mass is 10.1. The van der Waals surface area contributed by atoms with Gasteiger partial charge in [-0.1, -0.05) is 24.3 Å². The van der Waals surface area contributed by atoms with E-state index in [4.69, 9.17) is 4.42 Å². The van der Waals surface area contributed by atoms with E-state index < -0.39 is 0 Å². The zero-order valence-corrected chi connectivity index (χ0v) is 10.4. The summed E-state index contributed by atoms with van der Waals surface area (Å²) in [4.78, 5) is 4.27. The van der Waals surface area contributed by atoms with Crippen molar-refractivity contribution in [1.82, 2.24) is 4.98 Å². The number of halogens is 1. The maximum absolute atomic E-state index is 12.9. The van der Waals surface area contributed by atoms with Gasteiger partial charge in [-0.15, -0.1) is 0 Å². The maximum atomic E-state index is 12.9. The monoisotopic (exact) mass is 264 g/mol. The van der Waals surface area contributed by atoms with Crippen molar-refractivity contribution in [2.24, 2.45) is 0 Å². The SMILES string of the molecule is N#CC(=Cc1ccc(F)cc1)c1nc2ccccc2o1. The minimum atomic E-state index is -0.317. The van der Waals surface area contributed by atoms with Crippen LogP contribution in [0.3, 0.4) is 0 Å². The molecule has 3 nitrogen and oxygen atoms in total. The Morgan fingerprint density at radius 1 is 1.15 bits per heavy atom. The number of aromatic nitrogens is 1. The molecule has 3 aromatic rings. The number of hydrogen-bond acceptors (Lipinski definition) is 3. The molecule has 0 amide bonds. The standard InChI is InChI=1S/C16H9FN2O/c17-13-7-5-11(6-8-13)9-12(10-18)16-19-14-3-1-2-4-15(14)20-16/h1-9H. The van der Waals surface area contributed by atoms with Gasteiger partial charge in [0.05, 0.1) is 0 Å². The van der Waals surface area contributed by atoms with Gasteiger partial charge in [-0.2, -0.15) is 5.26 Å². The topological polar surface area (TPSA) is 49.8 Å². The first kappa shape index (κ1) is 12.1. The predicted octanol–water partition coefficient (Wildman–Crippen LogP) is 4.03. The molecule has 3 rings (SSSR count). The van der Waals surface area contributed by atoms with Gasteiger partial charge >= 0.3 is 0 Å². The fourth-order valence-corrected chi connectivity index (χ4v) is 1.85. The fourth-order valence-electron chi connectivity index (χ4n) is 1.85. The first-order chi connectivity index (χ1) is 9.76. The molecule has 0 radical (unpaired) electrons. The van der Waals surface area contributed by atoms with Crippen molar-refractivity contribution in [3.05, 3.63) is 65.8 Å². The van der Waals surface area contributed by atoms with Crippen LogP contribution in [0.25, 0.3) is 22.7 Å². The summed E-state index contributed by atoms with van der Waals surface area (Å²) in [6.07, 6.45) is 1.62.